The average Bonchev–Trinajstić information content (AvgIpc) is 2.86. The van der Waals surface area contributed by atoms with E-state index in [1.54, 1.807) is 0 Å². The number of aromatic nitrogens is 1. The van der Waals surface area contributed by atoms with Crippen LogP contribution in [0.1, 0.15) is 35.8 Å². The lowest BCUT2D eigenvalue weighted by Crippen LogP contribution is -2.47. The Balaban J connectivity index is 1.77. The van der Waals surface area contributed by atoms with Crippen molar-refractivity contribution in [3.63, 3.8) is 0 Å². The molecule has 1 aliphatic heterocycles. The summed E-state index contributed by atoms with van der Waals surface area (Å²) in [6.07, 6.45) is 1.73. The number of carbonyl (C=O) groups excluding carboxylic acids is 1. The minimum absolute atomic E-state index is 0.0385. The largest absolute Gasteiger partial charge is 0.476 e. The van der Waals surface area contributed by atoms with Gasteiger partial charge in [-0.15, -0.1) is 11.3 Å². The van der Waals surface area contributed by atoms with Gasteiger partial charge in [0.05, 0.1) is 5.01 Å². The lowest BCUT2D eigenvalue weighted by atomic mass is 9.92. The van der Waals surface area contributed by atoms with Crippen LogP contribution in [0.15, 0.2) is 5.38 Å². The number of hydrogen-bond acceptors (Lipinski definition) is 4. The maximum Gasteiger partial charge on any atom is 0.355 e. The van der Waals surface area contributed by atoms with Crippen LogP contribution in [0.25, 0.3) is 0 Å². The number of nitrogens with zero attached hydrogens (tertiary/aromatic N) is 2. The first-order valence-electron chi connectivity index (χ1n) is 7.16. The number of likely N-dealkylation sites (tertiary alicyclic amines) is 1. The zero-order chi connectivity index (χ0) is 15.4. The molecule has 2 rings (SSSR count). The highest BCUT2D eigenvalue weighted by molar-refractivity contribution is 7.09. The highest BCUT2D eigenvalue weighted by atomic mass is 32.1. The lowest BCUT2D eigenvalue weighted by Gasteiger charge is -2.34. The number of thiazole rings is 1. The molecule has 2 heterocycles. The summed E-state index contributed by atoms with van der Waals surface area (Å²) in [4.78, 5) is 28.7. The summed E-state index contributed by atoms with van der Waals surface area (Å²) in [5.41, 5.74) is 0.0695. The normalized spacial score (nSPS) is 22.1. The number of aromatic carboxylic acids is 1. The molecule has 2 atom stereocenters. The summed E-state index contributed by atoms with van der Waals surface area (Å²) in [5, 5.41) is 13.9. The Hall–Kier alpha value is -1.63. The summed E-state index contributed by atoms with van der Waals surface area (Å²) in [7, 11) is 0. The van der Waals surface area contributed by atoms with Gasteiger partial charge in [0.1, 0.15) is 0 Å². The number of rotatable bonds is 4. The molecule has 7 heteroatoms. The van der Waals surface area contributed by atoms with E-state index < -0.39 is 5.97 Å². The van der Waals surface area contributed by atoms with Crippen molar-refractivity contribution in [2.24, 2.45) is 11.8 Å². The third-order valence-electron chi connectivity index (χ3n) is 3.54. The third kappa shape index (κ3) is 4.42. The van der Waals surface area contributed by atoms with Crippen LogP contribution in [0.5, 0.6) is 0 Å². The van der Waals surface area contributed by atoms with Gasteiger partial charge in [-0.1, -0.05) is 13.8 Å². The first-order chi connectivity index (χ1) is 9.95. The Labute approximate surface area is 128 Å². The number of hydrogen-bond donors (Lipinski definition) is 2. The molecule has 0 aliphatic carbocycles. The molecule has 1 aliphatic rings. The molecule has 21 heavy (non-hydrogen) atoms. The minimum Gasteiger partial charge on any atom is -0.476 e. The van der Waals surface area contributed by atoms with E-state index in [1.807, 2.05) is 4.90 Å². The van der Waals surface area contributed by atoms with E-state index in [2.05, 4.69) is 24.1 Å². The van der Waals surface area contributed by atoms with E-state index in [-0.39, 0.29) is 11.7 Å². The molecule has 2 N–H and O–H groups in total. The van der Waals surface area contributed by atoms with Crippen LogP contribution in [0.3, 0.4) is 0 Å². The van der Waals surface area contributed by atoms with Gasteiger partial charge in [-0.3, -0.25) is 0 Å². The molecule has 1 saturated heterocycles. The molecule has 0 bridgehead atoms. The molecular weight excluding hydrogens is 290 g/mol. The molecule has 1 aromatic heterocycles. The fourth-order valence-electron chi connectivity index (χ4n) is 2.74. The number of carboxylic acids is 1. The van der Waals surface area contributed by atoms with Gasteiger partial charge < -0.3 is 15.3 Å². The maximum absolute atomic E-state index is 12.1. The van der Waals surface area contributed by atoms with Crippen molar-refractivity contribution in [1.29, 1.82) is 0 Å². The van der Waals surface area contributed by atoms with Crippen LogP contribution in [-0.4, -0.2) is 46.6 Å². The molecule has 0 spiro atoms. The first-order valence-corrected chi connectivity index (χ1v) is 8.04. The Morgan fingerprint density at radius 1 is 1.43 bits per heavy atom. The number of urea groups is 1. The Bertz CT molecular complexity index is 507. The fourth-order valence-corrected chi connectivity index (χ4v) is 3.51. The number of nitrogens with one attached hydrogen (secondary N) is 1. The molecule has 2 amide bonds. The van der Waals surface area contributed by atoms with E-state index in [4.69, 9.17) is 5.11 Å². The SMILES string of the molecule is CC1CC(C)CN(C(=O)NCCc2nc(C(=O)O)cs2)C1. The van der Waals surface area contributed by atoms with Gasteiger partial charge in [-0.05, 0) is 18.3 Å². The molecule has 0 saturated carbocycles. The third-order valence-corrected chi connectivity index (χ3v) is 4.45. The first kappa shape index (κ1) is 15.8. The van der Waals surface area contributed by atoms with Crippen molar-refractivity contribution in [2.45, 2.75) is 26.7 Å². The molecule has 1 fully saturated rings. The maximum atomic E-state index is 12.1. The lowest BCUT2D eigenvalue weighted by molar-refractivity contribution is 0.0691. The van der Waals surface area contributed by atoms with Gasteiger partial charge in [0.15, 0.2) is 5.69 Å². The predicted octanol–water partition coefficient (Wildman–Crippen LogP) is 2.07. The quantitative estimate of drug-likeness (QED) is 0.892. The van der Waals surface area contributed by atoms with Crippen LogP contribution in [0, 0.1) is 11.8 Å². The molecule has 116 valence electrons. The van der Waals surface area contributed by atoms with Crippen molar-refractivity contribution in [2.75, 3.05) is 19.6 Å². The molecule has 6 nitrogen and oxygen atoms in total. The van der Waals surface area contributed by atoms with E-state index in [9.17, 15) is 9.59 Å². The average molecular weight is 311 g/mol. The van der Waals surface area contributed by atoms with E-state index in [0.29, 0.717) is 24.8 Å². The Morgan fingerprint density at radius 2 is 2.10 bits per heavy atom. The molecule has 1 aromatic rings. The Kier molecular flexibility index (Phi) is 5.17. The van der Waals surface area contributed by atoms with Crippen LogP contribution in [-0.2, 0) is 6.42 Å². The fraction of sp³-hybridized carbons (Fsp3) is 0.643. The highest BCUT2D eigenvalue weighted by Gasteiger charge is 2.25. The summed E-state index contributed by atoms with van der Waals surface area (Å²) in [5.74, 6) is 0.0611. The summed E-state index contributed by atoms with van der Waals surface area (Å²) in [6.45, 7) is 6.41. The zero-order valence-electron chi connectivity index (χ0n) is 12.3. The summed E-state index contributed by atoms with van der Waals surface area (Å²) >= 11 is 1.31. The molecular formula is C14H21N3O3S. The molecule has 0 radical (unpaired) electrons. The van der Waals surface area contributed by atoms with E-state index in [1.165, 1.54) is 23.1 Å². The second kappa shape index (κ2) is 6.89. The number of carboxylic acid groups (broad SMARTS) is 1. The van der Waals surface area contributed by atoms with Crippen molar-refractivity contribution < 1.29 is 14.7 Å². The van der Waals surface area contributed by atoms with Gasteiger partial charge in [0.2, 0.25) is 0 Å². The zero-order valence-corrected chi connectivity index (χ0v) is 13.2. The Morgan fingerprint density at radius 3 is 2.67 bits per heavy atom. The van der Waals surface area contributed by atoms with Crippen molar-refractivity contribution in [3.8, 4) is 0 Å². The monoisotopic (exact) mass is 311 g/mol. The highest BCUT2D eigenvalue weighted by Crippen LogP contribution is 2.20. The predicted molar refractivity (Wildman–Crippen MR) is 80.7 cm³/mol. The van der Waals surface area contributed by atoms with Crippen LogP contribution < -0.4 is 5.32 Å². The van der Waals surface area contributed by atoms with Gasteiger partial charge >= 0.3 is 12.0 Å². The van der Waals surface area contributed by atoms with E-state index >= 15 is 0 Å². The van der Waals surface area contributed by atoms with Gasteiger partial charge in [0, 0.05) is 31.4 Å². The minimum atomic E-state index is -1.02. The standard InChI is InChI=1S/C14H21N3O3S/c1-9-5-10(2)7-17(6-9)14(20)15-4-3-12-16-11(8-21-12)13(18)19/h8-10H,3-7H2,1-2H3,(H,15,20)(H,18,19). The second-order valence-corrected chi connectivity index (χ2v) is 6.71. The molecule has 0 aromatic carbocycles. The number of piperidine rings is 1. The summed E-state index contributed by atoms with van der Waals surface area (Å²) < 4.78 is 0. The van der Waals surface area contributed by atoms with E-state index in [0.717, 1.165) is 18.1 Å². The van der Waals surface area contributed by atoms with Crippen LogP contribution in [0.4, 0.5) is 4.79 Å². The van der Waals surface area contributed by atoms with Gasteiger partial charge in [-0.25, -0.2) is 14.6 Å². The number of carbonyl (C=O) groups is 2. The van der Waals surface area contributed by atoms with Crippen molar-refractivity contribution in [3.05, 3.63) is 16.1 Å². The molecule has 2 unspecified atom stereocenters. The van der Waals surface area contributed by atoms with Crippen LogP contribution >= 0.6 is 11.3 Å². The van der Waals surface area contributed by atoms with Gasteiger partial charge in [0.25, 0.3) is 0 Å². The summed E-state index contributed by atoms with van der Waals surface area (Å²) in [6, 6.07) is -0.0385. The second-order valence-electron chi connectivity index (χ2n) is 5.76. The van der Waals surface area contributed by atoms with Crippen LogP contribution in [0.2, 0.25) is 0 Å². The topological polar surface area (TPSA) is 82.5 Å². The smallest absolute Gasteiger partial charge is 0.355 e. The van der Waals surface area contributed by atoms with Crippen molar-refractivity contribution in [1.82, 2.24) is 15.2 Å². The van der Waals surface area contributed by atoms with Gasteiger partial charge in [-0.2, -0.15) is 0 Å². The van der Waals surface area contributed by atoms with Crippen molar-refractivity contribution >= 4 is 23.3 Å². The number of amides is 2.